The minimum Gasteiger partial charge on any atom is -0.346 e. The first-order chi connectivity index (χ1) is 11.0. The van der Waals surface area contributed by atoms with Crippen molar-refractivity contribution in [1.82, 2.24) is 9.47 Å². The first kappa shape index (κ1) is 19.9. The fraction of sp³-hybridized carbons (Fsp3) is 0.333. The molecule has 1 aromatic heterocycles. The summed E-state index contributed by atoms with van der Waals surface area (Å²) in [5.74, 6) is -0.131. The molecule has 0 spiro atoms. The Morgan fingerprint density at radius 3 is 2.42 bits per heavy atom. The molecule has 0 aliphatic heterocycles. The zero-order chi connectivity index (χ0) is 16.8. The second-order valence-electron chi connectivity index (χ2n) is 5.64. The number of nitrogens with two attached hydrogens (primary N) is 1. The minimum atomic E-state index is -0.0858. The third-order valence-corrected chi connectivity index (χ3v) is 3.77. The quantitative estimate of drug-likeness (QED) is 0.781. The lowest BCUT2D eigenvalue weighted by Gasteiger charge is -2.23. The third-order valence-electron chi connectivity index (χ3n) is 3.77. The van der Waals surface area contributed by atoms with E-state index < -0.39 is 0 Å². The SMILES string of the molecule is CC(=O)c1cc(C(=O)N(CCCN)Cc2ccccc2)n(C)c1.Cl. The average molecular weight is 350 g/mol. The predicted octanol–water partition coefficient (Wildman–Crippen LogP) is 2.64. The van der Waals surface area contributed by atoms with Gasteiger partial charge in [-0.25, -0.2) is 0 Å². The van der Waals surface area contributed by atoms with Crippen molar-refractivity contribution >= 4 is 24.1 Å². The molecule has 130 valence electrons. The van der Waals surface area contributed by atoms with E-state index in [-0.39, 0.29) is 24.1 Å². The number of hydrogen-bond acceptors (Lipinski definition) is 3. The van der Waals surface area contributed by atoms with Crippen LogP contribution in [0.25, 0.3) is 0 Å². The number of rotatable bonds is 7. The van der Waals surface area contributed by atoms with Gasteiger partial charge in [-0.2, -0.15) is 0 Å². The summed E-state index contributed by atoms with van der Waals surface area (Å²) in [4.78, 5) is 26.2. The van der Waals surface area contributed by atoms with Crippen LogP contribution in [0.2, 0.25) is 0 Å². The number of aromatic nitrogens is 1. The summed E-state index contributed by atoms with van der Waals surface area (Å²) in [6, 6.07) is 11.5. The van der Waals surface area contributed by atoms with Gasteiger partial charge in [0.2, 0.25) is 0 Å². The highest BCUT2D eigenvalue weighted by atomic mass is 35.5. The van der Waals surface area contributed by atoms with Crippen molar-refractivity contribution in [3.8, 4) is 0 Å². The first-order valence-corrected chi connectivity index (χ1v) is 7.73. The lowest BCUT2D eigenvalue weighted by atomic mass is 10.2. The monoisotopic (exact) mass is 349 g/mol. The Kier molecular flexibility index (Phi) is 7.68. The Morgan fingerprint density at radius 1 is 1.21 bits per heavy atom. The van der Waals surface area contributed by atoms with Gasteiger partial charge >= 0.3 is 0 Å². The average Bonchev–Trinajstić information content (AvgIpc) is 2.94. The zero-order valence-electron chi connectivity index (χ0n) is 14.1. The molecule has 0 saturated carbocycles. The summed E-state index contributed by atoms with van der Waals surface area (Å²) >= 11 is 0. The number of Topliss-reactive ketones (excluding diaryl/α,β-unsaturated/α-hetero) is 1. The summed E-state index contributed by atoms with van der Waals surface area (Å²) in [5.41, 5.74) is 7.73. The highest BCUT2D eigenvalue weighted by Crippen LogP contribution is 2.14. The lowest BCUT2D eigenvalue weighted by Crippen LogP contribution is -2.33. The molecule has 0 unspecified atom stereocenters. The van der Waals surface area contributed by atoms with Crippen molar-refractivity contribution in [3.63, 3.8) is 0 Å². The van der Waals surface area contributed by atoms with Gasteiger partial charge in [0, 0.05) is 31.9 Å². The summed E-state index contributed by atoms with van der Waals surface area (Å²) in [7, 11) is 1.78. The third kappa shape index (κ3) is 4.94. The van der Waals surface area contributed by atoms with Gasteiger partial charge in [0.1, 0.15) is 5.69 Å². The maximum absolute atomic E-state index is 12.9. The van der Waals surface area contributed by atoms with E-state index in [4.69, 9.17) is 5.73 Å². The zero-order valence-corrected chi connectivity index (χ0v) is 14.9. The Morgan fingerprint density at radius 2 is 1.88 bits per heavy atom. The van der Waals surface area contributed by atoms with Crippen LogP contribution in [0.15, 0.2) is 42.6 Å². The van der Waals surface area contributed by atoms with Crippen LogP contribution in [-0.2, 0) is 13.6 Å². The highest BCUT2D eigenvalue weighted by molar-refractivity contribution is 5.99. The molecule has 0 fully saturated rings. The summed E-state index contributed by atoms with van der Waals surface area (Å²) in [6.07, 6.45) is 2.43. The van der Waals surface area contributed by atoms with Gasteiger partial charge in [-0.3, -0.25) is 9.59 Å². The predicted molar refractivity (Wildman–Crippen MR) is 97.5 cm³/mol. The minimum absolute atomic E-state index is 0. The van der Waals surface area contributed by atoms with Crippen molar-refractivity contribution in [2.75, 3.05) is 13.1 Å². The number of aryl methyl sites for hydroxylation is 1. The number of carbonyl (C=O) groups is 2. The van der Waals surface area contributed by atoms with Crippen molar-refractivity contribution in [2.45, 2.75) is 19.9 Å². The van der Waals surface area contributed by atoms with E-state index in [1.807, 2.05) is 30.3 Å². The highest BCUT2D eigenvalue weighted by Gasteiger charge is 2.20. The Bertz CT molecular complexity index is 683. The van der Waals surface area contributed by atoms with E-state index in [0.29, 0.717) is 30.9 Å². The largest absolute Gasteiger partial charge is 0.346 e. The van der Waals surface area contributed by atoms with Crippen molar-refractivity contribution in [2.24, 2.45) is 12.8 Å². The number of hydrogen-bond donors (Lipinski definition) is 1. The molecule has 1 aromatic carbocycles. The Hall–Kier alpha value is -2.11. The molecule has 0 aliphatic carbocycles. The van der Waals surface area contributed by atoms with Gasteiger partial charge in [0.15, 0.2) is 5.78 Å². The maximum atomic E-state index is 12.9. The molecule has 0 aliphatic rings. The molecule has 2 aromatic rings. The van der Waals surface area contributed by atoms with Crippen LogP contribution < -0.4 is 5.73 Å². The van der Waals surface area contributed by atoms with Crippen molar-refractivity contribution in [3.05, 3.63) is 59.4 Å². The molecule has 0 bridgehead atoms. The van der Waals surface area contributed by atoms with Crippen LogP contribution in [-0.4, -0.2) is 34.2 Å². The topological polar surface area (TPSA) is 68.3 Å². The molecule has 1 heterocycles. The molecule has 0 radical (unpaired) electrons. The van der Waals surface area contributed by atoms with Crippen LogP contribution in [0.4, 0.5) is 0 Å². The maximum Gasteiger partial charge on any atom is 0.270 e. The summed E-state index contributed by atoms with van der Waals surface area (Å²) in [6.45, 7) is 3.15. The van der Waals surface area contributed by atoms with Crippen LogP contribution in [0, 0.1) is 0 Å². The molecule has 24 heavy (non-hydrogen) atoms. The van der Waals surface area contributed by atoms with Crippen LogP contribution >= 0.6 is 12.4 Å². The van der Waals surface area contributed by atoms with E-state index >= 15 is 0 Å². The molecular weight excluding hydrogens is 326 g/mol. The molecule has 5 nitrogen and oxygen atoms in total. The van der Waals surface area contributed by atoms with Crippen LogP contribution in [0.5, 0.6) is 0 Å². The number of benzene rings is 1. The summed E-state index contributed by atoms with van der Waals surface area (Å²) in [5, 5.41) is 0. The Balaban J connectivity index is 0.00000288. The fourth-order valence-electron chi connectivity index (χ4n) is 2.47. The van der Waals surface area contributed by atoms with Gasteiger partial charge in [-0.1, -0.05) is 30.3 Å². The van der Waals surface area contributed by atoms with E-state index in [1.54, 1.807) is 28.8 Å². The number of ketones is 1. The fourth-order valence-corrected chi connectivity index (χ4v) is 2.47. The van der Waals surface area contributed by atoms with Crippen LogP contribution in [0.3, 0.4) is 0 Å². The molecular formula is C18H24ClN3O2. The number of amides is 1. The number of halogens is 1. The van der Waals surface area contributed by atoms with Gasteiger partial charge < -0.3 is 15.2 Å². The smallest absolute Gasteiger partial charge is 0.270 e. The van der Waals surface area contributed by atoms with E-state index in [9.17, 15) is 9.59 Å². The van der Waals surface area contributed by atoms with Gasteiger partial charge in [-0.15, -0.1) is 12.4 Å². The van der Waals surface area contributed by atoms with E-state index in [2.05, 4.69) is 0 Å². The standard InChI is InChI=1S/C18H23N3O2.ClH/c1-14(22)16-11-17(20(2)13-16)18(23)21(10-6-9-19)12-15-7-4-3-5-8-15;/h3-5,7-8,11,13H,6,9-10,12,19H2,1-2H3;1H. The molecule has 0 atom stereocenters. The molecule has 0 saturated heterocycles. The summed E-state index contributed by atoms with van der Waals surface area (Å²) < 4.78 is 1.71. The van der Waals surface area contributed by atoms with E-state index in [0.717, 1.165) is 12.0 Å². The van der Waals surface area contributed by atoms with Crippen molar-refractivity contribution < 1.29 is 9.59 Å². The Labute approximate surface area is 148 Å². The molecule has 6 heteroatoms. The first-order valence-electron chi connectivity index (χ1n) is 7.73. The second-order valence-corrected chi connectivity index (χ2v) is 5.64. The molecule has 1 amide bonds. The van der Waals surface area contributed by atoms with E-state index in [1.165, 1.54) is 6.92 Å². The van der Waals surface area contributed by atoms with Gasteiger partial charge in [-0.05, 0) is 31.5 Å². The number of nitrogens with zero attached hydrogens (tertiary/aromatic N) is 2. The normalized spacial score (nSPS) is 10.1. The van der Waals surface area contributed by atoms with Crippen LogP contribution in [0.1, 0.15) is 39.8 Å². The van der Waals surface area contributed by atoms with Gasteiger partial charge in [0.05, 0.1) is 0 Å². The molecule has 2 N–H and O–H groups in total. The van der Waals surface area contributed by atoms with Crippen molar-refractivity contribution in [1.29, 1.82) is 0 Å². The molecule has 2 rings (SSSR count). The second kappa shape index (κ2) is 9.25. The number of carbonyl (C=O) groups excluding carboxylic acids is 2. The van der Waals surface area contributed by atoms with Gasteiger partial charge in [0.25, 0.3) is 5.91 Å². The lowest BCUT2D eigenvalue weighted by molar-refractivity contribution is 0.0732.